The zero-order valence-corrected chi connectivity index (χ0v) is 8.51. The second-order valence-corrected chi connectivity index (χ2v) is 3.25. The molecule has 0 saturated heterocycles. The van der Waals surface area contributed by atoms with Crippen molar-refractivity contribution in [3.8, 4) is 0 Å². The number of benzene rings is 1. The van der Waals surface area contributed by atoms with Crippen LogP contribution in [0.4, 0.5) is 13.2 Å². The van der Waals surface area contributed by atoms with Crippen molar-refractivity contribution in [2.24, 2.45) is 10.9 Å². The molecule has 1 aromatic rings. The quantitative estimate of drug-likeness (QED) is 0.497. The zero-order valence-electron chi connectivity index (χ0n) is 7.75. The molecule has 0 aliphatic rings. The Morgan fingerprint density at radius 1 is 1.25 bits per heavy atom. The summed E-state index contributed by atoms with van der Waals surface area (Å²) in [5, 5.41) is 3.19. The maximum absolute atomic E-state index is 12.1. The molecule has 0 unspecified atom stereocenters. The van der Waals surface area contributed by atoms with Crippen molar-refractivity contribution in [3.63, 3.8) is 0 Å². The molecule has 0 fully saturated rings. The van der Waals surface area contributed by atoms with Crippen LogP contribution in [-0.4, -0.2) is 17.7 Å². The number of alkyl halides is 3. The van der Waals surface area contributed by atoms with Crippen LogP contribution in [0.15, 0.2) is 29.4 Å². The Labute approximate surface area is 93.7 Å². The van der Waals surface area contributed by atoms with Gasteiger partial charge in [0.15, 0.2) is 0 Å². The number of nitrogens with zero attached hydrogens (tertiary/aromatic N) is 1. The number of rotatable bonds is 2. The minimum Gasteiger partial charge on any atom is -0.323 e. The second kappa shape index (κ2) is 4.52. The number of carbonyl (C=O) groups excluding carboxylic acids is 1. The third kappa shape index (κ3) is 2.73. The van der Waals surface area contributed by atoms with Crippen molar-refractivity contribution in [2.75, 3.05) is 0 Å². The molecule has 0 heterocycles. The van der Waals surface area contributed by atoms with Crippen LogP contribution in [0.3, 0.4) is 0 Å². The van der Waals surface area contributed by atoms with Crippen LogP contribution < -0.4 is 5.84 Å². The fourth-order valence-corrected chi connectivity index (χ4v) is 1.13. The molecule has 3 nitrogen and oxygen atoms in total. The molecule has 0 aliphatic heterocycles. The van der Waals surface area contributed by atoms with Gasteiger partial charge in [-0.25, -0.2) is 0 Å². The first-order valence-electron chi connectivity index (χ1n) is 4.01. The lowest BCUT2D eigenvalue weighted by Crippen LogP contribution is -2.32. The average molecular weight is 251 g/mol. The van der Waals surface area contributed by atoms with Crippen molar-refractivity contribution in [2.45, 2.75) is 6.18 Å². The molecule has 1 rings (SSSR count). The molecule has 2 N–H and O–H groups in total. The number of halogens is 4. The van der Waals surface area contributed by atoms with Crippen molar-refractivity contribution in [1.29, 1.82) is 0 Å². The van der Waals surface area contributed by atoms with Crippen molar-refractivity contribution in [1.82, 2.24) is 0 Å². The number of ketones is 1. The third-order valence-electron chi connectivity index (χ3n) is 1.72. The van der Waals surface area contributed by atoms with Gasteiger partial charge in [0, 0.05) is 10.6 Å². The predicted molar refractivity (Wildman–Crippen MR) is 53.2 cm³/mol. The molecule has 16 heavy (non-hydrogen) atoms. The molecular formula is C9H6ClF3N2O. The van der Waals surface area contributed by atoms with Gasteiger partial charge in [0.05, 0.1) is 0 Å². The fourth-order valence-electron chi connectivity index (χ4n) is 1.01. The molecule has 0 amide bonds. The molecular weight excluding hydrogens is 245 g/mol. The van der Waals surface area contributed by atoms with Gasteiger partial charge in [0.25, 0.3) is 5.78 Å². The Balaban J connectivity index is 3.10. The Morgan fingerprint density at radius 2 is 1.75 bits per heavy atom. The molecule has 0 atom stereocenters. The van der Waals surface area contributed by atoms with Crippen molar-refractivity contribution in [3.05, 3.63) is 34.9 Å². The van der Waals surface area contributed by atoms with E-state index < -0.39 is 17.7 Å². The second-order valence-electron chi connectivity index (χ2n) is 2.81. The molecule has 7 heteroatoms. The highest BCUT2D eigenvalue weighted by molar-refractivity contribution is 6.48. The van der Waals surface area contributed by atoms with Gasteiger partial charge in [-0.2, -0.15) is 18.3 Å². The molecule has 0 radical (unpaired) electrons. The highest BCUT2D eigenvalue weighted by atomic mass is 35.5. The summed E-state index contributed by atoms with van der Waals surface area (Å²) < 4.78 is 36.4. The van der Waals surface area contributed by atoms with E-state index in [1.165, 1.54) is 24.3 Å². The summed E-state index contributed by atoms with van der Waals surface area (Å²) in [6.45, 7) is 0. The first kappa shape index (κ1) is 12.5. The molecule has 0 aromatic heterocycles. The van der Waals surface area contributed by atoms with E-state index in [9.17, 15) is 18.0 Å². The van der Waals surface area contributed by atoms with Gasteiger partial charge in [-0.15, -0.1) is 0 Å². The van der Waals surface area contributed by atoms with E-state index >= 15 is 0 Å². The van der Waals surface area contributed by atoms with E-state index in [-0.39, 0.29) is 5.56 Å². The summed E-state index contributed by atoms with van der Waals surface area (Å²) in [6.07, 6.45) is -5.00. The maximum atomic E-state index is 12.1. The summed E-state index contributed by atoms with van der Waals surface area (Å²) >= 11 is 5.55. The molecule has 0 spiro atoms. The normalized spacial score (nSPS) is 12.6. The summed E-state index contributed by atoms with van der Waals surface area (Å²) in [6, 6.07) is 5.15. The van der Waals surface area contributed by atoms with E-state index in [2.05, 4.69) is 5.10 Å². The van der Waals surface area contributed by atoms with Crippen LogP contribution >= 0.6 is 11.6 Å². The third-order valence-corrected chi connectivity index (χ3v) is 1.97. The van der Waals surface area contributed by atoms with E-state index in [1.807, 2.05) is 0 Å². The van der Waals surface area contributed by atoms with Crippen molar-refractivity contribution >= 4 is 23.1 Å². The first-order valence-corrected chi connectivity index (χ1v) is 4.39. The van der Waals surface area contributed by atoms with E-state index in [4.69, 9.17) is 17.4 Å². The van der Waals surface area contributed by atoms with Crippen LogP contribution in [0.2, 0.25) is 5.02 Å². The number of hydrogen-bond donors (Lipinski definition) is 1. The van der Waals surface area contributed by atoms with Gasteiger partial charge in [0.2, 0.25) is 0 Å². The minimum atomic E-state index is -5.00. The Hall–Kier alpha value is -1.56. The predicted octanol–water partition coefficient (Wildman–Crippen LogP) is 2.13. The van der Waals surface area contributed by atoms with Gasteiger partial charge in [-0.1, -0.05) is 23.7 Å². The van der Waals surface area contributed by atoms with Gasteiger partial charge in [-0.05, 0) is 12.1 Å². The minimum absolute atomic E-state index is 0.0331. The van der Waals surface area contributed by atoms with Gasteiger partial charge in [-0.3, -0.25) is 4.79 Å². The highest BCUT2D eigenvalue weighted by Crippen LogP contribution is 2.20. The number of Topliss-reactive ketones (excluding diaryl/α,β-unsaturated/α-hetero) is 1. The van der Waals surface area contributed by atoms with Crippen LogP contribution in [-0.2, 0) is 4.79 Å². The Kier molecular flexibility index (Phi) is 3.54. The number of nitrogens with two attached hydrogens (primary N) is 1. The molecule has 1 aromatic carbocycles. The number of hydrogen-bond acceptors (Lipinski definition) is 3. The first-order chi connectivity index (χ1) is 7.36. The lowest BCUT2D eigenvalue weighted by Gasteiger charge is -2.07. The van der Waals surface area contributed by atoms with Gasteiger partial charge in [0.1, 0.15) is 5.71 Å². The SMILES string of the molecule is N/N=C(/C(=O)C(F)(F)F)c1ccc(Cl)cc1. The lowest BCUT2D eigenvalue weighted by atomic mass is 10.1. The average Bonchev–Trinajstić information content (AvgIpc) is 2.20. The lowest BCUT2D eigenvalue weighted by molar-refractivity contribution is -0.163. The monoisotopic (exact) mass is 250 g/mol. The Morgan fingerprint density at radius 3 is 2.12 bits per heavy atom. The van der Waals surface area contributed by atoms with E-state index in [0.717, 1.165) is 0 Å². The van der Waals surface area contributed by atoms with E-state index in [1.54, 1.807) is 0 Å². The summed E-state index contributed by atoms with van der Waals surface area (Å²) in [5.74, 6) is 2.69. The van der Waals surface area contributed by atoms with Crippen LogP contribution in [0.1, 0.15) is 5.56 Å². The summed E-state index contributed by atoms with van der Waals surface area (Å²) in [5.41, 5.74) is -0.876. The number of hydrazone groups is 1. The molecule has 0 aliphatic carbocycles. The van der Waals surface area contributed by atoms with Crippen LogP contribution in [0, 0.1) is 0 Å². The topological polar surface area (TPSA) is 55.4 Å². The largest absolute Gasteiger partial charge is 0.456 e. The zero-order chi connectivity index (χ0) is 12.3. The fraction of sp³-hybridized carbons (Fsp3) is 0.111. The molecule has 86 valence electrons. The summed E-state index contributed by atoms with van der Waals surface area (Å²) in [7, 11) is 0. The van der Waals surface area contributed by atoms with Crippen molar-refractivity contribution < 1.29 is 18.0 Å². The van der Waals surface area contributed by atoms with E-state index in [0.29, 0.717) is 5.02 Å². The van der Waals surface area contributed by atoms with Gasteiger partial charge < -0.3 is 5.84 Å². The number of carbonyl (C=O) groups is 1. The van der Waals surface area contributed by atoms with Crippen LogP contribution in [0.5, 0.6) is 0 Å². The standard InChI is InChI=1S/C9H6ClF3N2O/c10-6-3-1-5(2-4-6)7(15-14)8(16)9(11,12)13/h1-4H,14H2/b15-7+. The molecule has 0 bridgehead atoms. The Bertz CT molecular complexity index is 425. The smallest absolute Gasteiger partial charge is 0.323 e. The van der Waals surface area contributed by atoms with Crippen LogP contribution in [0.25, 0.3) is 0 Å². The molecule has 0 saturated carbocycles. The maximum Gasteiger partial charge on any atom is 0.456 e. The highest BCUT2D eigenvalue weighted by Gasteiger charge is 2.42. The van der Waals surface area contributed by atoms with Gasteiger partial charge >= 0.3 is 6.18 Å². The summed E-state index contributed by atoms with van der Waals surface area (Å²) in [4.78, 5) is 10.9.